The van der Waals surface area contributed by atoms with E-state index in [4.69, 9.17) is 0 Å². The Morgan fingerprint density at radius 3 is 2.32 bits per heavy atom. The van der Waals surface area contributed by atoms with Gasteiger partial charge in [-0.05, 0) is 33.6 Å². The van der Waals surface area contributed by atoms with Crippen LogP contribution in [-0.2, 0) is 4.79 Å². The second-order valence-corrected chi connectivity index (χ2v) is 6.44. The van der Waals surface area contributed by atoms with Gasteiger partial charge in [-0.3, -0.25) is 9.48 Å². The maximum absolute atomic E-state index is 12.6. The first kappa shape index (κ1) is 16.5. The van der Waals surface area contributed by atoms with Gasteiger partial charge in [0.2, 0.25) is 0 Å². The second kappa shape index (κ2) is 6.50. The number of amides is 1. The average molecular weight is 307 g/mol. The van der Waals surface area contributed by atoms with Gasteiger partial charge in [-0.15, -0.1) is 0 Å². The van der Waals surface area contributed by atoms with Gasteiger partial charge >= 0.3 is 5.97 Å². The fourth-order valence-corrected chi connectivity index (χ4v) is 3.18. The molecule has 0 spiro atoms. The Balaban J connectivity index is 2.23. The van der Waals surface area contributed by atoms with E-state index in [1.165, 1.54) is 6.20 Å². The van der Waals surface area contributed by atoms with Crippen LogP contribution in [0.25, 0.3) is 0 Å². The predicted molar refractivity (Wildman–Crippen MR) is 82.9 cm³/mol. The molecular formula is C16H25N3O3. The van der Waals surface area contributed by atoms with Crippen LogP contribution in [-0.4, -0.2) is 32.3 Å². The molecule has 1 saturated carbocycles. The smallest absolute Gasteiger partial charge is 0.329 e. The quantitative estimate of drug-likeness (QED) is 0.838. The van der Waals surface area contributed by atoms with Crippen LogP contribution in [0.2, 0.25) is 0 Å². The van der Waals surface area contributed by atoms with Crippen LogP contribution < -0.4 is 5.32 Å². The lowest BCUT2D eigenvalue weighted by Crippen LogP contribution is -2.54. The number of aromatic nitrogens is 2. The molecule has 1 aromatic rings. The number of hydrogen-bond acceptors (Lipinski definition) is 3. The van der Waals surface area contributed by atoms with Gasteiger partial charge in [0.25, 0.3) is 5.91 Å². The zero-order valence-electron chi connectivity index (χ0n) is 13.6. The highest BCUT2D eigenvalue weighted by molar-refractivity contribution is 5.98. The minimum absolute atomic E-state index is 0.160. The number of aliphatic carboxylic acids is 1. The molecule has 6 nitrogen and oxygen atoms in total. The minimum atomic E-state index is -1.14. The summed E-state index contributed by atoms with van der Waals surface area (Å²) in [6.07, 6.45) is 6.21. The predicted octanol–water partition coefficient (Wildman–Crippen LogP) is 2.68. The summed E-state index contributed by atoms with van der Waals surface area (Å²) in [5, 5.41) is 16.7. The molecule has 0 radical (unpaired) electrons. The number of carbonyl (C=O) groups excluding carboxylic acids is 1. The van der Waals surface area contributed by atoms with Crippen molar-refractivity contribution >= 4 is 11.9 Å². The molecule has 1 aliphatic rings. The van der Waals surface area contributed by atoms with Crippen molar-refractivity contribution in [2.24, 2.45) is 0 Å². The van der Waals surface area contributed by atoms with E-state index in [0.29, 0.717) is 18.4 Å². The van der Waals surface area contributed by atoms with E-state index in [-0.39, 0.29) is 11.9 Å². The van der Waals surface area contributed by atoms with Crippen LogP contribution >= 0.6 is 0 Å². The van der Waals surface area contributed by atoms with E-state index in [1.807, 2.05) is 20.8 Å². The number of nitrogens with zero attached hydrogens (tertiary/aromatic N) is 2. The van der Waals surface area contributed by atoms with Crippen LogP contribution in [0.3, 0.4) is 0 Å². The van der Waals surface area contributed by atoms with Gasteiger partial charge in [0.05, 0.1) is 11.8 Å². The van der Waals surface area contributed by atoms with E-state index < -0.39 is 11.5 Å². The molecule has 1 heterocycles. The summed E-state index contributed by atoms with van der Waals surface area (Å²) in [6.45, 7) is 5.82. The topological polar surface area (TPSA) is 84.2 Å². The van der Waals surface area contributed by atoms with Crippen molar-refractivity contribution in [1.82, 2.24) is 15.1 Å². The van der Waals surface area contributed by atoms with Crippen LogP contribution in [0.1, 0.15) is 74.5 Å². The molecule has 22 heavy (non-hydrogen) atoms. The number of carbonyl (C=O) groups is 2. The van der Waals surface area contributed by atoms with Gasteiger partial charge in [0.1, 0.15) is 5.54 Å². The van der Waals surface area contributed by atoms with Crippen LogP contribution in [0.5, 0.6) is 0 Å². The highest BCUT2D eigenvalue weighted by atomic mass is 16.4. The number of carboxylic acid groups (broad SMARTS) is 1. The molecule has 0 bridgehead atoms. The van der Waals surface area contributed by atoms with Crippen molar-refractivity contribution in [3.8, 4) is 0 Å². The van der Waals surface area contributed by atoms with Gasteiger partial charge in [-0.1, -0.05) is 25.7 Å². The molecule has 0 aliphatic heterocycles. The van der Waals surface area contributed by atoms with E-state index in [9.17, 15) is 14.7 Å². The van der Waals surface area contributed by atoms with E-state index >= 15 is 0 Å². The Morgan fingerprint density at radius 2 is 1.86 bits per heavy atom. The zero-order chi connectivity index (χ0) is 16.3. The highest BCUT2D eigenvalue weighted by Gasteiger charge is 2.40. The molecule has 6 heteroatoms. The van der Waals surface area contributed by atoms with Crippen molar-refractivity contribution in [2.45, 2.75) is 70.9 Å². The average Bonchev–Trinajstić information content (AvgIpc) is 2.68. The lowest BCUT2D eigenvalue weighted by atomic mass is 9.90. The summed E-state index contributed by atoms with van der Waals surface area (Å²) in [5.74, 6) is -1.27. The Morgan fingerprint density at radius 1 is 1.27 bits per heavy atom. The van der Waals surface area contributed by atoms with Crippen molar-refractivity contribution in [3.63, 3.8) is 0 Å². The van der Waals surface area contributed by atoms with Crippen LogP contribution in [0.15, 0.2) is 6.20 Å². The summed E-state index contributed by atoms with van der Waals surface area (Å²) >= 11 is 0. The van der Waals surface area contributed by atoms with Crippen molar-refractivity contribution in [3.05, 3.63) is 17.5 Å². The lowest BCUT2D eigenvalue weighted by Gasteiger charge is -2.29. The minimum Gasteiger partial charge on any atom is -0.480 e. The van der Waals surface area contributed by atoms with E-state index in [2.05, 4.69) is 10.4 Å². The fourth-order valence-electron chi connectivity index (χ4n) is 3.18. The monoisotopic (exact) mass is 307 g/mol. The van der Waals surface area contributed by atoms with E-state index in [0.717, 1.165) is 31.4 Å². The summed E-state index contributed by atoms with van der Waals surface area (Å²) in [4.78, 5) is 24.3. The molecule has 1 amide bonds. The second-order valence-electron chi connectivity index (χ2n) is 6.44. The van der Waals surface area contributed by atoms with Crippen molar-refractivity contribution in [2.75, 3.05) is 0 Å². The van der Waals surface area contributed by atoms with Crippen LogP contribution in [0.4, 0.5) is 0 Å². The molecule has 0 saturated heterocycles. The third-order valence-electron chi connectivity index (χ3n) is 4.50. The third kappa shape index (κ3) is 3.15. The summed E-state index contributed by atoms with van der Waals surface area (Å²) < 4.78 is 1.77. The molecule has 122 valence electrons. The first-order valence-corrected chi connectivity index (χ1v) is 7.97. The number of carboxylic acids is 1. The molecule has 1 aromatic heterocycles. The van der Waals surface area contributed by atoms with Crippen molar-refractivity contribution < 1.29 is 14.7 Å². The van der Waals surface area contributed by atoms with Gasteiger partial charge in [0, 0.05) is 11.7 Å². The molecular weight excluding hydrogens is 282 g/mol. The highest BCUT2D eigenvalue weighted by Crippen LogP contribution is 2.28. The Kier molecular flexibility index (Phi) is 4.88. The molecule has 2 N–H and O–H groups in total. The van der Waals surface area contributed by atoms with E-state index in [1.54, 1.807) is 4.68 Å². The summed E-state index contributed by atoms with van der Waals surface area (Å²) in [7, 11) is 0. The molecule has 1 fully saturated rings. The van der Waals surface area contributed by atoms with Gasteiger partial charge < -0.3 is 10.4 Å². The molecule has 0 aromatic carbocycles. The van der Waals surface area contributed by atoms with Gasteiger partial charge in [-0.25, -0.2) is 4.79 Å². The third-order valence-corrected chi connectivity index (χ3v) is 4.50. The molecule has 0 unspecified atom stereocenters. The first-order chi connectivity index (χ1) is 10.4. The Hall–Kier alpha value is -1.85. The number of rotatable bonds is 4. The maximum Gasteiger partial charge on any atom is 0.329 e. The zero-order valence-corrected chi connectivity index (χ0v) is 13.6. The Bertz CT molecular complexity index is 555. The standard InChI is InChI=1S/C16H25N3O3/c1-11(2)19-12(3)13(10-17-19)14(20)18-16(15(21)22)8-6-4-5-7-9-16/h10-11H,4-9H2,1-3H3,(H,18,20)(H,21,22). The largest absolute Gasteiger partial charge is 0.480 e. The number of hydrogen-bond donors (Lipinski definition) is 2. The van der Waals surface area contributed by atoms with Crippen molar-refractivity contribution in [1.29, 1.82) is 0 Å². The first-order valence-electron chi connectivity index (χ1n) is 7.97. The SMILES string of the molecule is Cc1c(C(=O)NC2(C(=O)O)CCCCCC2)cnn1C(C)C. The fraction of sp³-hybridized carbons (Fsp3) is 0.688. The summed E-state index contributed by atoms with van der Waals surface area (Å²) in [6, 6.07) is 0.160. The molecule has 1 aliphatic carbocycles. The summed E-state index contributed by atoms with van der Waals surface area (Å²) in [5.41, 5.74) is 0.0835. The number of nitrogens with one attached hydrogen (secondary N) is 1. The van der Waals surface area contributed by atoms with Crippen LogP contribution in [0, 0.1) is 6.92 Å². The Labute approximate surface area is 130 Å². The van der Waals surface area contributed by atoms with Gasteiger partial charge in [-0.2, -0.15) is 5.10 Å². The molecule has 0 atom stereocenters. The normalized spacial score (nSPS) is 18.0. The van der Waals surface area contributed by atoms with Gasteiger partial charge in [0.15, 0.2) is 0 Å². The lowest BCUT2D eigenvalue weighted by molar-refractivity contribution is -0.145. The molecule has 2 rings (SSSR count). The maximum atomic E-state index is 12.6.